The second-order valence-corrected chi connectivity index (χ2v) is 4.71. The van der Waals surface area contributed by atoms with E-state index in [9.17, 15) is 18.7 Å². The van der Waals surface area contributed by atoms with Gasteiger partial charge in [0, 0.05) is 12.1 Å². The molecular weight excluding hydrogens is 254 g/mol. The van der Waals surface area contributed by atoms with Gasteiger partial charge in [-0.2, -0.15) is 0 Å². The molecule has 4 nitrogen and oxygen atoms in total. The molecule has 1 rings (SSSR count). The summed E-state index contributed by atoms with van der Waals surface area (Å²) in [6, 6.07) is 2.21. The number of aliphatic hydroxyl groups is 1. The van der Waals surface area contributed by atoms with Crippen LogP contribution in [0.1, 0.15) is 25.5 Å². The van der Waals surface area contributed by atoms with Crippen LogP contribution < -0.4 is 11.1 Å². The number of hydrogen-bond acceptors (Lipinski definition) is 3. The first kappa shape index (κ1) is 15.5. The van der Waals surface area contributed by atoms with Gasteiger partial charge in [-0.1, -0.05) is 13.8 Å². The molecule has 0 saturated heterocycles. The number of carbonyl (C=O) groups is 1. The highest BCUT2D eigenvalue weighted by atomic mass is 19.1. The van der Waals surface area contributed by atoms with Gasteiger partial charge in [0.2, 0.25) is 5.91 Å². The van der Waals surface area contributed by atoms with Crippen LogP contribution >= 0.6 is 0 Å². The Bertz CT molecular complexity index is 452. The summed E-state index contributed by atoms with van der Waals surface area (Å²) in [5.74, 6) is -1.95. The van der Waals surface area contributed by atoms with E-state index in [2.05, 4.69) is 5.32 Å². The lowest BCUT2D eigenvalue weighted by atomic mass is 10.0. The van der Waals surface area contributed by atoms with Crippen molar-refractivity contribution >= 4 is 5.91 Å². The molecule has 0 bridgehead atoms. The Labute approximate surface area is 110 Å². The summed E-state index contributed by atoms with van der Waals surface area (Å²) in [5, 5.41) is 12.6. The van der Waals surface area contributed by atoms with Crippen LogP contribution in [0, 0.1) is 17.6 Å². The van der Waals surface area contributed by atoms with Crippen LogP contribution in [0.25, 0.3) is 0 Å². The molecule has 0 heterocycles. The molecule has 1 aromatic rings. The number of nitrogens with two attached hydrogens (primary N) is 1. The number of hydrogen-bond donors (Lipinski definition) is 3. The van der Waals surface area contributed by atoms with E-state index in [-0.39, 0.29) is 18.0 Å². The molecule has 2 unspecified atom stereocenters. The molecule has 1 aromatic carbocycles. The fourth-order valence-electron chi connectivity index (χ4n) is 1.78. The molecular formula is C13H18F2N2O2. The van der Waals surface area contributed by atoms with Gasteiger partial charge in [-0.3, -0.25) is 4.79 Å². The van der Waals surface area contributed by atoms with Crippen molar-refractivity contribution in [1.29, 1.82) is 0 Å². The lowest BCUT2D eigenvalue weighted by Gasteiger charge is -2.21. The topological polar surface area (TPSA) is 75.3 Å². The Morgan fingerprint density at radius 3 is 2.58 bits per heavy atom. The SMILES string of the molecule is CC(C)C(NCC(O)c1cc(F)ccc1F)C(N)=O. The van der Waals surface area contributed by atoms with Gasteiger partial charge in [0.15, 0.2) is 0 Å². The Morgan fingerprint density at radius 1 is 1.42 bits per heavy atom. The zero-order valence-corrected chi connectivity index (χ0v) is 10.9. The van der Waals surface area contributed by atoms with Crippen LogP contribution in [-0.4, -0.2) is 23.6 Å². The van der Waals surface area contributed by atoms with Gasteiger partial charge in [0.25, 0.3) is 0 Å². The third kappa shape index (κ3) is 4.25. The maximum atomic E-state index is 13.4. The highest BCUT2D eigenvalue weighted by Gasteiger charge is 2.21. The molecule has 0 aliphatic heterocycles. The van der Waals surface area contributed by atoms with Gasteiger partial charge in [0.1, 0.15) is 11.6 Å². The minimum Gasteiger partial charge on any atom is -0.387 e. The second-order valence-electron chi connectivity index (χ2n) is 4.71. The lowest BCUT2D eigenvalue weighted by molar-refractivity contribution is -0.121. The van der Waals surface area contributed by atoms with Crippen molar-refractivity contribution in [3.8, 4) is 0 Å². The highest BCUT2D eigenvalue weighted by molar-refractivity contribution is 5.80. The van der Waals surface area contributed by atoms with Crippen molar-refractivity contribution in [3.05, 3.63) is 35.4 Å². The van der Waals surface area contributed by atoms with Gasteiger partial charge >= 0.3 is 0 Å². The summed E-state index contributed by atoms with van der Waals surface area (Å²) < 4.78 is 26.4. The van der Waals surface area contributed by atoms with E-state index >= 15 is 0 Å². The van der Waals surface area contributed by atoms with Gasteiger partial charge in [-0.25, -0.2) is 8.78 Å². The fourth-order valence-corrected chi connectivity index (χ4v) is 1.78. The van der Waals surface area contributed by atoms with Crippen molar-refractivity contribution in [3.63, 3.8) is 0 Å². The van der Waals surface area contributed by atoms with Crippen molar-refractivity contribution in [2.24, 2.45) is 11.7 Å². The smallest absolute Gasteiger partial charge is 0.234 e. The fraction of sp³-hybridized carbons (Fsp3) is 0.462. The first-order chi connectivity index (χ1) is 8.82. The molecule has 1 amide bonds. The Kier molecular flexibility index (Phi) is 5.38. The van der Waals surface area contributed by atoms with Crippen LogP contribution in [0.2, 0.25) is 0 Å². The zero-order valence-electron chi connectivity index (χ0n) is 10.9. The van der Waals surface area contributed by atoms with E-state index in [0.717, 1.165) is 18.2 Å². The van der Waals surface area contributed by atoms with E-state index in [0.29, 0.717) is 0 Å². The third-order valence-electron chi connectivity index (χ3n) is 2.82. The Balaban J connectivity index is 2.71. The van der Waals surface area contributed by atoms with Gasteiger partial charge in [-0.05, 0) is 24.1 Å². The monoisotopic (exact) mass is 272 g/mol. The number of nitrogens with one attached hydrogen (secondary N) is 1. The van der Waals surface area contributed by atoms with E-state index in [1.807, 2.05) is 0 Å². The molecule has 0 spiro atoms. The van der Waals surface area contributed by atoms with Crippen molar-refractivity contribution in [1.82, 2.24) is 5.32 Å². The Hall–Kier alpha value is -1.53. The van der Waals surface area contributed by atoms with Gasteiger partial charge < -0.3 is 16.2 Å². The van der Waals surface area contributed by atoms with Crippen LogP contribution in [0.4, 0.5) is 8.78 Å². The third-order valence-corrected chi connectivity index (χ3v) is 2.82. The minimum atomic E-state index is -1.25. The minimum absolute atomic E-state index is 0.0675. The standard InChI is InChI=1S/C13H18F2N2O2/c1-7(2)12(13(16)19)17-6-11(18)9-5-8(14)3-4-10(9)15/h3-5,7,11-12,17-18H,6H2,1-2H3,(H2,16,19). The van der Waals surface area contributed by atoms with E-state index < -0.39 is 29.7 Å². The number of aliphatic hydroxyl groups excluding tert-OH is 1. The molecule has 0 fully saturated rings. The summed E-state index contributed by atoms with van der Waals surface area (Å²) in [6.45, 7) is 3.49. The largest absolute Gasteiger partial charge is 0.387 e. The van der Waals surface area contributed by atoms with Gasteiger partial charge in [0.05, 0.1) is 12.1 Å². The number of primary amides is 1. The highest BCUT2D eigenvalue weighted by Crippen LogP contribution is 2.18. The van der Waals surface area contributed by atoms with Crippen molar-refractivity contribution < 1.29 is 18.7 Å². The summed E-state index contributed by atoms with van der Waals surface area (Å²) in [7, 11) is 0. The van der Waals surface area contributed by atoms with Crippen molar-refractivity contribution in [2.75, 3.05) is 6.54 Å². The number of rotatable bonds is 6. The normalized spacial score (nSPS) is 14.4. The second kappa shape index (κ2) is 6.58. The predicted octanol–water partition coefficient (Wildman–Crippen LogP) is 1.10. The zero-order chi connectivity index (χ0) is 14.6. The van der Waals surface area contributed by atoms with E-state index in [1.54, 1.807) is 13.8 Å². The predicted molar refractivity (Wildman–Crippen MR) is 67.1 cm³/mol. The molecule has 4 N–H and O–H groups in total. The maximum Gasteiger partial charge on any atom is 0.234 e. The summed E-state index contributed by atoms with van der Waals surface area (Å²) in [4.78, 5) is 11.2. The molecule has 0 radical (unpaired) electrons. The van der Waals surface area contributed by atoms with Crippen LogP contribution in [0.15, 0.2) is 18.2 Å². The molecule has 6 heteroatoms. The van der Waals surface area contributed by atoms with Crippen LogP contribution in [0.3, 0.4) is 0 Å². The summed E-state index contributed by atoms with van der Waals surface area (Å²) in [6.07, 6.45) is -1.25. The first-order valence-corrected chi connectivity index (χ1v) is 5.98. The molecule has 19 heavy (non-hydrogen) atoms. The summed E-state index contributed by atoms with van der Waals surface area (Å²) in [5.41, 5.74) is 5.05. The average molecular weight is 272 g/mol. The quantitative estimate of drug-likeness (QED) is 0.726. The van der Waals surface area contributed by atoms with E-state index in [1.165, 1.54) is 0 Å². The number of benzene rings is 1. The molecule has 0 aromatic heterocycles. The van der Waals surface area contributed by atoms with Crippen LogP contribution in [-0.2, 0) is 4.79 Å². The van der Waals surface area contributed by atoms with Crippen molar-refractivity contribution in [2.45, 2.75) is 26.0 Å². The number of carbonyl (C=O) groups excluding carboxylic acids is 1. The van der Waals surface area contributed by atoms with E-state index in [4.69, 9.17) is 5.73 Å². The molecule has 0 aliphatic carbocycles. The molecule has 106 valence electrons. The number of halogens is 2. The first-order valence-electron chi connectivity index (χ1n) is 5.98. The van der Waals surface area contributed by atoms with Crippen LogP contribution in [0.5, 0.6) is 0 Å². The molecule has 0 saturated carbocycles. The molecule has 2 atom stereocenters. The summed E-state index contributed by atoms with van der Waals surface area (Å²) >= 11 is 0. The molecule has 0 aliphatic rings. The Morgan fingerprint density at radius 2 is 2.05 bits per heavy atom. The number of amides is 1. The maximum absolute atomic E-state index is 13.4. The van der Waals surface area contributed by atoms with Gasteiger partial charge in [-0.15, -0.1) is 0 Å². The average Bonchev–Trinajstić information content (AvgIpc) is 2.31. The lowest BCUT2D eigenvalue weighted by Crippen LogP contribution is -2.46.